The molecule has 1 aromatic carbocycles. The molecule has 4 nitrogen and oxygen atoms in total. The fourth-order valence-corrected chi connectivity index (χ4v) is 3.15. The van der Waals surface area contributed by atoms with E-state index >= 15 is 0 Å². The second-order valence-corrected chi connectivity index (χ2v) is 6.01. The van der Waals surface area contributed by atoms with E-state index in [9.17, 15) is 9.59 Å². The van der Waals surface area contributed by atoms with Gasteiger partial charge in [-0.25, -0.2) is 0 Å². The van der Waals surface area contributed by atoms with Crippen LogP contribution in [0.3, 0.4) is 0 Å². The van der Waals surface area contributed by atoms with Crippen molar-refractivity contribution in [2.24, 2.45) is 0 Å². The Morgan fingerprint density at radius 1 is 1.20 bits per heavy atom. The van der Waals surface area contributed by atoms with Gasteiger partial charge in [0.25, 0.3) is 11.8 Å². The minimum atomic E-state index is -0.209. The molecule has 2 aliphatic heterocycles. The van der Waals surface area contributed by atoms with E-state index in [1.165, 1.54) is 4.90 Å². The first-order chi connectivity index (χ1) is 9.49. The summed E-state index contributed by atoms with van der Waals surface area (Å²) in [6.07, 6.45) is 0.861. The summed E-state index contributed by atoms with van der Waals surface area (Å²) in [6, 6.07) is 3.93. The lowest BCUT2D eigenvalue weighted by Crippen LogP contribution is -2.31. The molecule has 0 saturated carbocycles. The van der Waals surface area contributed by atoms with Crippen LogP contribution in [0.4, 0.5) is 0 Å². The van der Waals surface area contributed by atoms with Crippen molar-refractivity contribution in [2.45, 2.75) is 26.8 Å². The number of amides is 2. The van der Waals surface area contributed by atoms with Gasteiger partial charge < -0.3 is 4.74 Å². The van der Waals surface area contributed by atoms with Crippen molar-refractivity contribution in [1.82, 2.24) is 4.90 Å². The van der Waals surface area contributed by atoms with Crippen LogP contribution in [0, 0.1) is 0 Å². The molecule has 0 radical (unpaired) electrons. The van der Waals surface area contributed by atoms with E-state index in [1.807, 2.05) is 12.1 Å². The molecule has 0 atom stereocenters. The molecule has 0 spiro atoms. The fourth-order valence-electron chi connectivity index (χ4n) is 2.60. The molecule has 3 rings (SSSR count). The molecule has 0 aromatic heterocycles. The number of benzene rings is 1. The van der Waals surface area contributed by atoms with Gasteiger partial charge in [-0.2, -0.15) is 0 Å². The second kappa shape index (κ2) is 4.74. The van der Waals surface area contributed by atoms with E-state index in [-0.39, 0.29) is 18.4 Å². The molecule has 2 aliphatic rings. The third-order valence-corrected chi connectivity index (χ3v) is 4.31. The first kappa shape index (κ1) is 13.4. The predicted octanol–water partition coefficient (Wildman–Crippen LogP) is 2.59. The molecule has 5 heteroatoms. The summed E-state index contributed by atoms with van der Waals surface area (Å²) in [7, 11) is 0. The van der Waals surface area contributed by atoms with Gasteiger partial charge in [0, 0.05) is 27.6 Å². The Balaban J connectivity index is 1.94. The van der Waals surface area contributed by atoms with Crippen LogP contribution >= 0.6 is 15.9 Å². The standard InChI is InChI=1S/C15H14BrNO3/c1-8-9(2)15(19)17(14(8)18)7-11-6-12(16)5-10-3-4-20-13(10)11/h5-6H,3-4,7H2,1-2H3. The van der Waals surface area contributed by atoms with Gasteiger partial charge in [0.15, 0.2) is 0 Å². The van der Waals surface area contributed by atoms with Crippen molar-refractivity contribution >= 4 is 27.7 Å². The lowest BCUT2D eigenvalue weighted by Gasteiger charge is -2.17. The van der Waals surface area contributed by atoms with Crippen LogP contribution in [0.15, 0.2) is 27.8 Å². The Labute approximate surface area is 125 Å². The molecule has 0 unspecified atom stereocenters. The summed E-state index contributed by atoms with van der Waals surface area (Å²) in [5, 5.41) is 0. The van der Waals surface area contributed by atoms with Crippen LogP contribution in [-0.2, 0) is 22.6 Å². The maximum atomic E-state index is 12.1. The Morgan fingerprint density at radius 2 is 1.85 bits per heavy atom. The van der Waals surface area contributed by atoms with Gasteiger partial charge in [-0.3, -0.25) is 14.5 Å². The average Bonchev–Trinajstić information content (AvgIpc) is 2.94. The molecule has 20 heavy (non-hydrogen) atoms. The maximum Gasteiger partial charge on any atom is 0.257 e. The number of fused-ring (bicyclic) bond motifs is 1. The van der Waals surface area contributed by atoms with Crippen LogP contribution in [0.2, 0.25) is 0 Å². The van der Waals surface area contributed by atoms with Crippen LogP contribution < -0.4 is 4.74 Å². The summed E-state index contributed by atoms with van der Waals surface area (Å²) in [5.41, 5.74) is 3.05. The largest absolute Gasteiger partial charge is 0.493 e. The number of hydrogen-bond donors (Lipinski definition) is 0. The lowest BCUT2D eigenvalue weighted by molar-refractivity contribution is -0.138. The monoisotopic (exact) mass is 335 g/mol. The van der Waals surface area contributed by atoms with Crippen molar-refractivity contribution < 1.29 is 14.3 Å². The fraction of sp³-hybridized carbons (Fsp3) is 0.333. The van der Waals surface area contributed by atoms with Crippen LogP contribution in [-0.4, -0.2) is 23.3 Å². The van der Waals surface area contributed by atoms with E-state index in [1.54, 1.807) is 13.8 Å². The minimum Gasteiger partial charge on any atom is -0.493 e. The van der Waals surface area contributed by atoms with Gasteiger partial charge in [0.2, 0.25) is 0 Å². The molecule has 0 aliphatic carbocycles. The number of carbonyl (C=O) groups is 2. The molecular weight excluding hydrogens is 322 g/mol. The highest BCUT2D eigenvalue weighted by Gasteiger charge is 2.34. The number of ether oxygens (including phenoxy) is 1. The van der Waals surface area contributed by atoms with E-state index < -0.39 is 0 Å². The quantitative estimate of drug-likeness (QED) is 0.780. The predicted molar refractivity (Wildman–Crippen MR) is 77.3 cm³/mol. The van der Waals surface area contributed by atoms with Gasteiger partial charge in [-0.15, -0.1) is 0 Å². The maximum absolute atomic E-state index is 12.1. The summed E-state index contributed by atoms with van der Waals surface area (Å²) in [5.74, 6) is 0.398. The van der Waals surface area contributed by atoms with Crippen LogP contribution in [0.25, 0.3) is 0 Å². The number of rotatable bonds is 2. The zero-order chi connectivity index (χ0) is 14.4. The molecule has 0 N–H and O–H groups in total. The van der Waals surface area contributed by atoms with Gasteiger partial charge >= 0.3 is 0 Å². The first-order valence-corrected chi connectivity index (χ1v) is 7.26. The molecule has 1 aromatic rings. The minimum absolute atomic E-state index is 0.209. The van der Waals surface area contributed by atoms with E-state index in [4.69, 9.17) is 4.74 Å². The number of nitrogens with zero attached hydrogens (tertiary/aromatic N) is 1. The first-order valence-electron chi connectivity index (χ1n) is 6.47. The topological polar surface area (TPSA) is 46.6 Å². The number of halogens is 1. The van der Waals surface area contributed by atoms with E-state index in [0.29, 0.717) is 17.8 Å². The Bertz CT molecular complexity index is 639. The summed E-state index contributed by atoms with van der Waals surface area (Å²) < 4.78 is 6.58. The van der Waals surface area contributed by atoms with Gasteiger partial charge in [-0.1, -0.05) is 15.9 Å². The van der Waals surface area contributed by atoms with Crippen LogP contribution in [0.5, 0.6) is 5.75 Å². The SMILES string of the molecule is CC1=C(C)C(=O)N(Cc2cc(Br)cc3c2OCC3)C1=O. The molecular formula is C15H14BrNO3. The normalized spacial score (nSPS) is 17.9. The zero-order valence-corrected chi connectivity index (χ0v) is 12.9. The van der Waals surface area contributed by atoms with Gasteiger partial charge in [-0.05, 0) is 31.5 Å². The van der Waals surface area contributed by atoms with Gasteiger partial charge in [0.05, 0.1) is 13.2 Å². The van der Waals surface area contributed by atoms with Crippen molar-refractivity contribution in [1.29, 1.82) is 0 Å². The highest BCUT2D eigenvalue weighted by molar-refractivity contribution is 9.10. The number of imide groups is 1. The zero-order valence-electron chi connectivity index (χ0n) is 11.3. The summed E-state index contributed by atoms with van der Waals surface area (Å²) >= 11 is 3.46. The molecule has 2 heterocycles. The molecule has 104 valence electrons. The third kappa shape index (κ3) is 1.97. The summed E-state index contributed by atoms with van der Waals surface area (Å²) in [6.45, 7) is 4.29. The highest BCUT2D eigenvalue weighted by atomic mass is 79.9. The molecule has 2 amide bonds. The smallest absolute Gasteiger partial charge is 0.257 e. The highest BCUT2D eigenvalue weighted by Crippen LogP contribution is 2.35. The van der Waals surface area contributed by atoms with Crippen LogP contribution in [0.1, 0.15) is 25.0 Å². The van der Waals surface area contributed by atoms with Gasteiger partial charge in [0.1, 0.15) is 5.75 Å². The van der Waals surface area contributed by atoms with Crippen molar-refractivity contribution in [2.75, 3.05) is 6.61 Å². The molecule has 0 fully saturated rings. The van der Waals surface area contributed by atoms with E-state index in [0.717, 1.165) is 27.8 Å². The molecule has 0 saturated heterocycles. The van der Waals surface area contributed by atoms with Crippen molar-refractivity contribution in [3.05, 3.63) is 38.9 Å². The number of carbonyl (C=O) groups excluding carboxylic acids is 2. The lowest BCUT2D eigenvalue weighted by atomic mass is 10.1. The molecule has 0 bridgehead atoms. The Kier molecular flexibility index (Phi) is 3.17. The van der Waals surface area contributed by atoms with E-state index in [2.05, 4.69) is 15.9 Å². The van der Waals surface area contributed by atoms with Crippen molar-refractivity contribution in [3.63, 3.8) is 0 Å². The van der Waals surface area contributed by atoms with Crippen molar-refractivity contribution in [3.8, 4) is 5.75 Å². The second-order valence-electron chi connectivity index (χ2n) is 5.10. The Morgan fingerprint density at radius 3 is 2.50 bits per heavy atom. The third-order valence-electron chi connectivity index (χ3n) is 3.85. The number of hydrogen-bond acceptors (Lipinski definition) is 3. The Hall–Kier alpha value is -1.62. The summed E-state index contributed by atoms with van der Waals surface area (Å²) in [4.78, 5) is 25.5. The average molecular weight is 336 g/mol.